The maximum absolute atomic E-state index is 13.5. The molecule has 0 unspecified atom stereocenters. The molecule has 1 atom stereocenters. The number of hydrogen-bond acceptors (Lipinski definition) is 6. The van der Waals surface area contributed by atoms with E-state index in [-0.39, 0.29) is 29.5 Å². The van der Waals surface area contributed by atoms with Crippen LogP contribution in [0.25, 0.3) is 11.7 Å². The highest BCUT2D eigenvalue weighted by molar-refractivity contribution is 5.97. The van der Waals surface area contributed by atoms with Crippen molar-refractivity contribution in [1.82, 2.24) is 24.4 Å². The summed E-state index contributed by atoms with van der Waals surface area (Å²) in [6, 6.07) is 9.57. The largest absolute Gasteiger partial charge is 0.492 e. The number of aromatic nitrogens is 3. The molecule has 200 valence electrons. The molecule has 0 bridgehead atoms. The number of carbonyl (C=O) groups excluding carboxylic acids is 2. The second-order valence-corrected chi connectivity index (χ2v) is 10.4. The quantitative estimate of drug-likeness (QED) is 0.464. The number of aryl methyl sites for hydroxylation is 1. The monoisotopic (exact) mass is 519 g/mol. The number of amides is 2. The van der Waals surface area contributed by atoms with Crippen LogP contribution in [0.15, 0.2) is 41.2 Å². The van der Waals surface area contributed by atoms with Gasteiger partial charge in [0.05, 0.1) is 24.9 Å². The molecule has 1 saturated carbocycles. The van der Waals surface area contributed by atoms with Crippen molar-refractivity contribution in [2.24, 2.45) is 5.92 Å². The van der Waals surface area contributed by atoms with Crippen LogP contribution in [0.1, 0.15) is 59.9 Å². The number of fused-ring (bicyclic) bond motifs is 1. The molecule has 1 aliphatic carbocycles. The van der Waals surface area contributed by atoms with Gasteiger partial charge in [0.25, 0.3) is 11.5 Å². The van der Waals surface area contributed by atoms with Crippen molar-refractivity contribution in [3.63, 3.8) is 0 Å². The highest BCUT2D eigenvalue weighted by atomic mass is 16.5. The van der Waals surface area contributed by atoms with Crippen molar-refractivity contribution in [1.29, 1.82) is 0 Å². The van der Waals surface area contributed by atoms with Gasteiger partial charge in [0, 0.05) is 30.8 Å². The summed E-state index contributed by atoms with van der Waals surface area (Å²) in [7, 11) is 0. The van der Waals surface area contributed by atoms with E-state index in [1.807, 2.05) is 44.2 Å². The van der Waals surface area contributed by atoms with Gasteiger partial charge in [0.15, 0.2) is 5.56 Å². The summed E-state index contributed by atoms with van der Waals surface area (Å²) in [5, 5.41) is 18.2. The molecule has 3 aromatic rings. The molecular formula is C28H33N5O5. The van der Waals surface area contributed by atoms with Crippen LogP contribution < -0.4 is 10.9 Å². The number of ether oxygens (including phenoxy) is 1. The van der Waals surface area contributed by atoms with Gasteiger partial charge < -0.3 is 20.1 Å². The Labute approximate surface area is 220 Å². The average Bonchev–Trinajstić information content (AvgIpc) is 3.65. The summed E-state index contributed by atoms with van der Waals surface area (Å²) >= 11 is 0. The summed E-state index contributed by atoms with van der Waals surface area (Å²) in [6.45, 7) is 7.29. The maximum Gasteiger partial charge on any atom is 0.270 e. The molecule has 1 aromatic carbocycles. The van der Waals surface area contributed by atoms with Crippen molar-refractivity contribution >= 4 is 23.5 Å². The summed E-state index contributed by atoms with van der Waals surface area (Å²) in [5.74, 6) is -1.22. The molecule has 2 aromatic heterocycles. The average molecular weight is 520 g/mol. The number of benzene rings is 1. The van der Waals surface area contributed by atoms with Crippen molar-refractivity contribution in [3.05, 3.63) is 69.1 Å². The van der Waals surface area contributed by atoms with Crippen LogP contribution in [-0.2, 0) is 16.1 Å². The van der Waals surface area contributed by atoms with Crippen molar-refractivity contribution in [2.75, 3.05) is 19.8 Å². The van der Waals surface area contributed by atoms with Gasteiger partial charge in [-0.25, -0.2) is 0 Å². The van der Waals surface area contributed by atoms with Crippen LogP contribution in [-0.4, -0.2) is 61.8 Å². The fraction of sp³-hybridized carbons (Fsp3) is 0.429. The Balaban J connectivity index is 1.54. The van der Waals surface area contributed by atoms with Crippen LogP contribution in [0, 0.1) is 12.8 Å². The van der Waals surface area contributed by atoms with Gasteiger partial charge in [-0.1, -0.05) is 44.2 Å². The van der Waals surface area contributed by atoms with Gasteiger partial charge >= 0.3 is 0 Å². The number of carbonyl (C=O) groups is 2. The molecule has 5 rings (SSSR count). The van der Waals surface area contributed by atoms with Gasteiger partial charge in [-0.05, 0) is 37.3 Å². The third kappa shape index (κ3) is 4.96. The third-order valence-electron chi connectivity index (χ3n) is 6.90. The van der Waals surface area contributed by atoms with E-state index in [0.29, 0.717) is 43.2 Å². The molecule has 3 heterocycles. The smallest absolute Gasteiger partial charge is 0.270 e. The summed E-state index contributed by atoms with van der Waals surface area (Å²) < 4.78 is 8.35. The summed E-state index contributed by atoms with van der Waals surface area (Å²) in [5.41, 5.74) is 1.48. The van der Waals surface area contributed by atoms with Gasteiger partial charge in [-0.15, -0.1) is 0 Å². The van der Waals surface area contributed by atoms with Gasteiger partial charge in [0.1, 0.15) is 5.65 Å². The van der Waals surface area contributed by atoms with E-state index in [4.69, 9.17) is 4.74 Å². The van der Waals surface area contributed by atoms with Gasteiger partial charge in [0.2, 0.25) is 11.8 Å². The lowest BCUT2D eigenvalue weighted by Gasteiger charge is -2.35. The van der Waals surface area contributed by atoms with Crippen molar-refractivity contribution < 1.29 is 19.4 Å². The SMILES string of the molecule is Cc1nn2c(O)c(C(=O)NC3CC3)c(=O)n(CC(C)C)c2c1/C=C/C(=O)N1CCOC[C@@H]1c1ccccc1. The normalized spacial score (nSPS) is 18.0. The fourth-order valence-electron chi connectivity index (χ4n) is 4.85. The maximum atomic E-state index is 13.5. The van der Waals surface area contributed by atoms with E-state index in [9.17, 15) is 19.5 Å². The molecule has 0 radical (unpaired) electrons. The first-order valence-corrected chi connectivity index (χ1v) is 13.0. The standard InChI is InChI=1S/C28H33N5O5/c1-17(2)15-32-26-21(11-12-23(34)31-13-14-38-16-22(31)19-7-5-4-6-8-19)18(3)30-33(26)28(37)24(27(32)36)25(35)29-20-9-10-20/h4-8,11-12,17,20,22,37H,9-10,13-16H2,1-3H3,(H,29,35)/b12-11+/t22-/m1/s1. The zero-order valence-electron chi connectivity index (χ0n) is 21.9. The first-order chi connectivity index (χ1) is 18.3. The lowest BCUT2D eigenvalue weighted by molar-refractivity contribution is -0.134. The van der Waals surface area contributed by atoms with Crippen LogP contribution in [0.2, 0.25) is 0 Å². The van der Waals surface area contributed by atoms with Crippen LogP contribution >= 0.6 is 0 Å². The number of rotatable bonds is 7. The zero-order valence-corrected chi connectivity index (χ0v) is 21.9. The number of aromatic hydroxyl groups is 1. The molecule has 2 fully saturated rings. The Hall–Kier alpha value is -3.92. The lowest BCUT2D eigenvalue weighted by atomic mass is 10.0. The summed E-state index contributed by atoms with van der Waals surface area (Å²) in [4.78, 5) is 41.5. The molecule has 2 aliphatic rings. The lowest BCUT2D eigenvalue weighted by Crippen LogP contribution is -2.42. The predicted octanol–water partition coefficient (Wildman–Crippen LogP) is 2.67. The van der Waals surface area contributed by atoms with E-state index in [2.05, 4.69) is 10.4 Å². The second-order valence-electron chi connectivity index (χ2n) is 10.4. The number of hydrogen-bond donors (Lipinski definition) is 2. The fourth-order valence-corrected chi connectivity index (χ4v) is 4.85. The minimum absolute atomic E-state index is 0.0271. The minimum Gasteiger partial charge on any atom is -0.492 e. The topological polar surface area (TPSA) is 118 Å². The first-order valence-electron chi connectivity index (χ1n) is 13.0. The van der Waals surface area contributed by atoms with E-state index >= 15 is 0 Å². The molecule has 0 spiro atoms. The number of nitrogens with one attached hydrogen (secondary N) is 1. The Morgan fingerprint density at radius 3 is 2.66 bits per heavy atom. The highest BCUT2D eigenvalue weighted by Gasteiger charge is 2.31. The van der Waals surface area contributed by atoms with Gasteiger partial charge in [-0.3, -0.25) is 19.0 Å². The molecule has 10 nitrogen and oxygen atoms in total. The highest BCUT2D eigenvalue weighted by Crippen LogP contribution is 2.27. The molecule has 2 N–H and O–H groups in total. The molecule has 1 aliphatic heterocycles. The summed E-state index contributed by atoms with van der Waals surface area (Å²) in [6.07, 6.45) is 4.82. The number of morpholine rings is 1. The van der Waals surface area contributed by atoms with E-state index in [1.54, 1.807) is 17.9 Å². The molecular weight excluding hydrogens is 486 g/mol. The molecule has 10 heteroatoms. The van der Waals surface area contributed by atoms with Crippen LogP contribution in [0.5, 0.6) is 5.88 Å². The molecule has 38 heavy (non-hydrogen) atoms. The van der Waals surface area contributed by atoms with Crippen molar-refractivity contribution in [3.8, 4) is 5.88 Å². The Morgan fingerprint density at radius 1 is 1.24 bits per heavy atom. The Morgan fingerprint density at radius 2 is 1.97 bits per heavy atom. The Kier molecular flexibility index (Phi) is 7.07. The molecule has 2 amide bonds. The Bertz CT molecular complexity index is 1450. The van der Waals surface area contributed by atoms with Gasteiger partial charge in [-0.2, -0.15) is 9.61 Å². The molecule has 1 saturated heterocycles. The third-order valence-corrected chi connectivity index (χ3v) is 6.90. The van der Waals surface area contributed by atoms with E-state index < -0.39 is 17.3 Å². The van der Waals surface area contributed by atoms with Crippen molar-refractivity contribution in [2.45, 2.75) is 52.2 Å². The first kappa shape index (κ1) is 25.7. The van der Waals surface area contributed by atoms with Crippen LogP contribution in [0.4, 0.5) is 0 Å². The van der Waals surface area contributed by atoms with E-state index in [1.165, 1.54) is 15.2 Å². The van der Waals surface area contributed by atoms with Crippen LogP contribution in [0.3, 0.4) is 0 Å². The predicted molar refractivity (Wildman–Crippen MR) is 142 cm³/mol. The second kappa shape index (κ2) is 10.4. The zero-order chi connectivity index (χ0) is 27.0. The number of nitrogens with zero attached hydrogens (tertiary/aromatic N) is 4. The van der Waals surface area contributed by atoms with E-state index in [0.717, 1.165) is 18.4 Å². The minimum atomic E-state index is -0.603.